The summed E-state index contributed by atoms with van der Waals surface area (Å²) in [5, 5.41) is 7.42. The predicted molar refractivity (Wildman–Crippen MR) is 62.0 cm³/mol. The molecule has 0 aromatic carbocycles. The smallest absolute Gasteiger partial charge is 0.120 e. The van der Waals surface area contributed by atoms with Crippen molar-refractivity contribution in [3.05, 3.63) is 42.1 Å². The third-order valence-electron chi connectivity index (χ3n) is 2.85. The van der Waals surface area contributed by atoms with Gasteiger partial charge in [-0.25, -0.2) is 0 Å². The number of nitrogens with one attached hydrogen (secondary N) is 1. The van der Waals surface area contributed by atoms with E-state index in [4.69, 9.17) is 4.42 Å². The molecular weight excluding hydrogens is 202 g/mol. The average molecular weight is 219 g/mol. The molecule has 1 unspecified atom stereocenters. The summed E-state index contributed by atoms with van der Waals surface area (Å²) in [6, 6.07) is 6.24. The van der Waals surface area contributed by atoms with E-state index < -0.39 is 0 Å². The number of rotatable bonds is 5. The second-order valence-electron chi connectivity index (χ2n) is 3.84. The van der Waals surface area contributed by atoms with Gasteiger partial charge in [-0.05, 0) is 38.1 Å². The molecule has 86 valence electrons. The highest BCUT2D eigenvalue weighted by Crippen LogP contribution is 2.18. The molecule has 0 spiro atoms. The number of hydrogen-bond acceptors (Lipinski definition) is 3. The van der Waals surface area contributed by atoms with Crippen molar-refractivity contribution < 1.29 is 4.42 Å². The highest BCUT2D eigenvalue weighted by molar-refractivity contribution is 5.06. The lowest BCUT2D eigenvalue weighted by atomic mass is 10.1. The van der Waals surface area contributed by atoms with Crippen LogP contribution in [0.5, 0.6) is 0 Å². The average Bonchev–Trinajstić information content (AvgIpc) is 2.92. The zero-order valence-corrected chi connectivity index (χ0v) is 9.68. The van der Waals surface area contributed by atoms with Gasteiger partial charge in [-0.1, -0.05) is 0 Å². The molecule has 0 saturated heterocycles. The highest BCUT2D eigenvalue weighted by atomic mass is 16.3. The van der Waals surface area contributed by atoms with E-state index in [1.165, 1.54) is 5.69 Å². The fourth-order valence-corrected chi connectivity index (χ4v) is 1.86. The standard InChI is InChI=1S/C12H17N3O/c1-13-11(12-4-3-9-16-12)6-5-10-7-8-14-15(10)2/h3-4,7-9,11,13H,5-6H2,1-2H3. The predicted octanol–water partition coefficient (Wildman–Crippen LogP) is 1.91. The van der Waals surface area contributed by atoms with Crippen molar-refractivity contribution >= 4 is 0 Å². The van der Waals surface area contributed by atoms with Crippen molar-refractivity contribution in [3.63, 3.8) is 0 Å². The molecule has 0 saturated carbocycles. The van der Waals surface area contributed by atoms with Crippen LogP contribution in [0.3, 0.4) is 0 Å². The van der Waals surface area contributed by atoms with Crippen LogP contribution < -0.4 is 5.32 Å². The van der Waals surface area contributed by atoms with Gasteiger partial charge < -0.3 is 9.73 Å². The summed E-state index contributed by atoms with van der Waals surface area (Å²) in [7, 11) is 3.92. The van der Waals surface area contributed by atoms with Crippen LogP contribution in [0, 0.1) is 0 Å². The summed E-state index contributed by atoms with van der Waals surface area (Å²) in [5.41, 5.74) is 1.24. The maximum Gasteiger partial charge on any atom is 0.120 e. The topological polar surface area (TPSA) is 43.0 Å². The van der Waals surface area contributed by atoms with Crippen LogP contribution in [0.25, 0.3) is 0 Å². The molecular formula is C12H17N3O. The van der Waals surface area contributed by atoms with E-state index in [0.29, 0.717) is 0 Å². The highest BCUT2D eigenvalue weighted by Gasteiger charge is 2.12. The molecule has 2 aromatic heterocycles. The third kappa shape index (κ3) is 2.33. The largest absolute Gasteiger partial charge is 0.468 e. The van der Waals surface area contributed by atoms with E-state index in [-0.39, 0.29) is 6.04 Å². The number of nitrogens with zero attached hydrogens (tertiary/aromatic N) is 2. The summed E-state index contributed by atoms with van der Waals surface area (Å²) in [6.07, 6.45) is 5.53. The molecule has 0 aliphatic carbocycles. The van der Waals surface area contributed by atoms with E-state index in [9.17, 15) is 0 Å². The Morgan fingerprint density at radius 1 is 1.50 bits per heavy atom. The molecule has 0 bridgehead atoms. The lowest BCUT2D eigenvalue weighted by Crippen LogP contribution is -2.17. The quantitative estimate of drug-likeness (QED) is 0.835. The Morgan fingerprint density at radius 2 is 2.38 bits per heavy atom. The Balaban J connectivity index is 1.96. The van der Waals surface area contributed by atoms with Crippen LogP contribution in [-0.4, -0.2) is 16.8 Å². The first-order chi connectivity index (χ1) is 7.81. The summed E-state index contributed by atoms with van der Waals surface area (Å²) in [4.78, 5) is 0. The van der Waals surface area contributed by atoms with Crippen molar-refractivity contribution in [1.82, 2.24) is 15.1 Å². The molecule has 1 atom stereocenters. The van der Waals surface area contributed by atoms with Gasteiger partial charge >= 0.3 is 0 Å². The van der Waals surface area contributed by atoms with Gasteiger partial charge in [-0.2, -0.15) is 5.10 Å². The van der Waals surface area contributed by atoms with Gasteiger partial charge in [0, 0.05) is 18.9 Å². The van der Waals surface area contributed by atoms with Crippen LogP contribution in [0.4, 0.5) is 0 Å². The molecule has 1 N–H and O–H groups in total. The van der Waals surface area contributed by atoms with Crippen LogP contribution in [-0.2, 0) is 13.5 Å². The van der Waals surface area contributed by atoms with Crippen LogP contribution in [0.15, 0.2) is 35.1 Å². The molecule has 2 heterocycles. The Bertz CT molecular complexity index is 419. The second kappa shape index (κ2) is 4.99. The Hall–Kier alpha value is -1.55. The molecule has 0 fully saturated rings. The summed E-state index contributed by atoms with van der Waals surface area (Å²) in [5.74, 6) is 0.990. The van der Waals surface area contributed by atoms with Crippen molar-refractivity contribution in [3.8, 4) is 0 Å². The van der Waals surface area contributed by atoms with Gasteiger partial charge in [-0.3, -0.25) is 4.68 Å². The third-order valence-corrected chi connectivity index (χ3v) is 2.85. The molecule has 4 nitrogen and oxygen atoms in total. The summed E-state index contributed by atoms with van der Waals surface area (Å²) >= 11 is 0. The summed E-state index contributed by atoms with van der Waals surface area (Å²) < 4.78 is 7.31. The fourth-order valence-electron chi connectivity index (χ4n) is 1.86. The van der Waals surface area contributed by atoms with Gasteiger partial charge in [0.05, 0.1) is 12.3 Å². The van der Waals surface area contributed by atoms with Gasteiger partial charge in [0.1, 0.15) is 5.76 Å². The van der Waals surface area contributed by atoms with Crippen LogP contribution in [0.2, 0.25) is 0 Å². The van der Waals surface area contributed by atoms with E-state index in [1.807, 2.05) is 37.1 Å². The van der Waals surface area contributed by atoms with Gasteiger partial charge in [-0.15, -0.1) is 0 Å². The fraction of sp³-hybridized carbons (Fsp3) is 0.417. The van der Waals surface area contributed by atoms with E-state index in [0.717, 1.165) is 18.6 Å². The number of aryl methyl sites for hydroxylation is 2. The molecule has 4 heteroatoms. The monoisotopic (exact) mass is 219 g/mol. The van der Waals surface area contributed by atoms with E-state index in [1.54, 1.807) is 6.26 Å². The minimum absolute atomic E-state index is 0.268. The van der Waals surface area contributed by atoms with Gasteiger partial charge in [0.2, 0.25) is 0 Å². The molecule has 0 radical (unpaired) electrons. The van der Waals surface area contributed by atoms with Crippen LogP contribution >= 0.6 is 0 Å². The first kappa shape index (κ1) is 11.0. The zero-order chi connectivity index (χ0) is 11.4. The van der Waals surface area contributed by atoms with E-state index in [2.05, 4.69) is 16.5 Å². The van der Waals surface area contributed by atoms with Crippen LogP contribution in [0.1, 0.15) is 23.9 Å². The Morgan fingerprint density at radius 3 is 2.94 bits per heavy atom. The van der Waals surface area contributed by atoms with Crippen molar-refractivity contribution in [2.24, 2.45) is 7.05 Å². The Labute approximate surface area is 95.3 Å². The lowest BCUT2D eigenvalue weighted by Gasteiger charge is -2.13. The van der Waals surface area contributed by atoms with E-state index >= 15 is 0 Å². The van der Waals surface area contributed by atoms with Crippen molar-refractivity contribution in [2.75, 3.05) is 7.05 Å². The number of furan rings is 1. The van der Waals surface area contributed by atoms with Crippen molar-refractivity contribution in [1.29, 1.82) is 0 Å². The zero-order valence-electron chi connectivity index (χ0n) is 9.68. The lowest BCUT2D eigenvalue weighted by molar-refractivity contribution is 0.412. The molecule has 16 heavy (non-hydrogen) atoms. The van der Waals surface area contributed by atoms with Gasteiger partial charge in [0.15, 0.2) is 0 Å². The first-order valence-corrected chi connectivity index (χ1v) is 5.49. The van der Waals surface area contributed by atoms with Crippen molar-refractivity contribution in [2.45, 2.75) is 18.9 Å². The molecule has 0 aliphatic heterocycles. The molecule has 2 aromatic rings. The number of hydrogen-bond donors (Lipinski definition) is 1. The minimum Gasteiger partial charge on any atom is -0.468 e. The maximum absolute atomic E-state index is 5.40. The normalized spacial score (nSPS) is 12.9. The second-order valence-corrected chi connectivity index (χ2v) is 3.84. The summed E-state index contributed by atoms with van der Waals surface area (Å²) in [6.45, 7) is 0. The number of aromatic nitrogens is 2. The SMILES string of the molecule is CNC(CCc1ccnn1C)c1ccco1. The molecule has 2 rings (SSSR count). The minimum atomic E-state index is 0.268. The first-order valence-electron chi connectivity index (χ1n) is 5.49. The van der Waals surface area contributed by atoms with Gasteiger partial charge in [0.25, 0.3) is 0 Å². The Kier molecular flexibility index (Phi) is 3.41. The maximum atomic E-state index is 5.40. The molecule has 0 amide bonds. The molecule has 0 aliphatic rings.